The van der Waals surface area contributed by atoms with Crippen LogP contribution in [0.5, 0.6) is 5.75 Å². The number of likely N-dealkylation sites (tertiary alicyclic amines) is 1. The molecule has 2 N–H and O–H groups in total. The van der Waals surface area contributed by atoms with Crippen molar-refractivity contribution in [2.24, 2.45) is 0 Å². The molecule has 5 rings (SSSR count). The van der Waals surface area contributed by atoms with Gasteiger partial charge in [0, 0.05) is 39.3 Å². The standard InChI is InChI=1S/C26H34N4O4S/c1-27-26(31)30-13-5-4-8-23(30)18-34-24-12-9-19(14-25(24)35(32,33)28-22-10-11-22)15-29-16-20-6-2-3-7-21(20)17-29/h2-3,6-7,9,12,14,22-23,28H,4-5,8,10-11,13,15-18H2,1H3,(H,27,31). The number of nitrogens with one attached hydrogen (secondary N) is 2. The molecular formula is C26H34N4O4S. The van der Waals surface area contributed by atoms with Crippen LogP contribution in [0.15, 0.2) is 47.4 Å². The van der Waals surface area contributed by atoms with Crippen molar-refractivity contribution in [2.45, 2.75) is 68.7 Å². The maximum absolute atomic E-state index is 13.3. The van der Waals surface area contributed by atoms with Gasteiger partial charge in [0.2, 0.25) is 10.0 Å². The number of carbonyl (C=O) groups excluding carboxylic acids is 1. The van der Waals surface area contributed by atoms with Crippen LogP contribution < -0.4 is 14.8 Å². The highest BCUT2D eigenvalue weighted by molar-refractivity contribution is 7.89. The Bertz CT molecular complexity index is 1160. The number of benzene rings is 2. The Balaban J connectivity index is 1.34. The Morgan fingerprint density at radius 2 is 1.80 bits per heavy atom. The van der Waals surface area contributed by atoms with Gasteiger partial charge in [0.25, 0.3) is 0 Å². The third-order valence-electron chi connectivity index (χ3n) is 7.04. The van der Waals surface area contributed by atoms with E-state index in [0.717, 1.165) is 50.8 Å². The summed E-state index contributed by atoms with van der Waals surface area (Å²) in [6.07, 6.45) is 4.55. The van der Waals surface area contributed by atoms with E-state index in [4.69, 9.17) is 4.74 Å². The van der Waals surface area contributed by atoms with Crippen LogP contribution in [0.2, 0.25) is 0 Å². The largest absolute Gasteiger partial charge is 0.490 e. The van der Waals surface area contributed by atoms with Crippen molar-refractivity contribution in [2.75, 3.05) is 20.2 Å². The predicted molar refractivity (Wildman–Crippen MR) is 133 cm³/mol. The number of nitrogens with zero attached hydrogens (tertiary/aromatic N) is 2. The second-order valence-electron chi connectivity index (χ2n) is 9.80. The van der Waals surface area contributed by atoms with Gasteiger partial charge in [-0.3, -0.25) is 4.90 Å². The Morgan fingerprint density at radius 1 is 1.06 bits per heavy atom. The van der Waals surface area contributed by atoms with Crippen molar-refractivity contribution in [3.8, 4) is 5.75 Å². The zero-order valence-corrected chi connectivity index (χ0v) is 21.0. The first-order chi connectivity index (χ1) is 16.9. The summed E-state index contributed by atoms with van der Waals surface area (Å²) in [5.41, 5.74) is 3.58. The third-order valence-corrected chi connectivity index (χ3v) is 8.58. The molecular weight excluding hydrogens is 464 g/mol. The predicted octanol–water partition coefficient (Wildman–Crippen LogP) is 3.22. The number of carbonyl (C=O) groups is 1. The number of ether oxygens (including phenoxy) is 1. The van der Waals surface area contributed by atoms with E-state index in [0.29, 0.717) is 18.8 Å². The number of fused-ring (bicyclic) bond motifs is 1. The van der Waals surface area contributed by atoms with Crippen molar-refractivity contribution in [3.63, 3.8) is 0 Å². The highest BCUT2D eigenvalue weighted by atomic mass is 32.2. The van der Waals surface area contributed by atoms with Gasteiger partial charge in [-0.2, -0.15) is 0 Å². The van der Waals surface area contributed by atoms with E-state index in [-0.39, 0.29) is 29.6 Å². The summed E-state index contributed by atoms with van der Waals surface area (Å²) in [5.74, 6) is 0.342. The van der Waals surface area contributed by atoms with E-state index in [9.17, 15) is 13.2 Å². The van der Waals surface area contributed by atoms with Crippen LogP contribution in [0.3, 0.4) is 0 Å². The van der Waals surface area contributed by atoms with Gasteiger partial charge in [-0.1, -0.05) is 30.3 Å². The topological polar surface area (TPSA) is 91.0 Å². The smallest absolute Gasteiger partial charge is 0.317 e. The molecule has 2 aromatic carbocycles. The minimum Gasteiger partial charge on any atom is -0.490 e. The summed E-state index contributed by atoms with van der Waals surface area (Å²) >= 11 is 0. The summed E-state index contributed by atoms with van der Waals surface area (Å²) < 4.78 is 35.4. The zero-order chi connectivity index (χ0) is 24.4. The van der Waals surface area contributed by atoms with Crippen LogP contribution in [0.25, 0.3) is 0 Å². The van der Waals surface area contributed by atoms with E-state index < -0.39 is 10.0 Å². The average Bonchev–Trinajstić information content (AvgIpc) is 3.57. The van der Waals surface area contributed by atoms with Gasteiger partial charge in [0.1, 0.15) is 17.3 Å². The van der Waals surface area contributed by atoms with Gasteiger partial charge in [-0.05, 0) is 60.9 Å². The Morgan fingerprint density at radius 3 is 2.49 bits per heavy atom. The number of piperidine rings is 1. The van der Waals surface area contributed by atoms with Gasteiger partial charge >= 0.3 is 6.03 Å². The summed E-state index contributed by atoms with van der Waals surface area (Å²) in [4.78, 5) is 16.6. The molecule has 2 aliphatic heterocycles. The minimum atomic E-state index is -3.71. The lowest BCUT2D eigenvalue weighted by atomic mass is 10.0. The van der Waals surface area contributed by atoms with Crippen LogP contribution >= 0.6 is 0 Å². The normalized spacial score (nSPS) is 20.5. The molecule has 1 atom stereocenters. The van der Waals surface area contributed by atoms with Crippen molar-refractivity contribution in [3.05, 3.63) is 59.2 Å². The second kappa shape index (κ2) is 10.2. The van der Waals surface area contributed by atoms with E-state index in [2.05, 4.69) is 39.2 Å². The Hall–Kier alpha value is -2.62. The number of amides is 2. The number of hydrogen-bond acceptors (Lipinski definition) is 5. The molecule has 0 bridgehead atoms. The number of hydrogen-bond donors (Lipinski definition) is 2. The Kier molecular flexibility index (Phi) is 7.00. The number of rotatable bonds is 8. The molecule has 9 heteroatoms. The molecule has 0 aromatic heterocycles. The summed E-state index contributed by atoms with van der Waals surface area (Å²) in [5, 5.41) is 2.70. The average molecular weight is 499 g/mol. The first-order valence-electron chi connectivity index (χ1n) is 12.5. The fourth-order valence-electron chi connectivity index (χ4n) is 5.01. The molecule has 3 aliphatic rings. The third kappa shape index (κ3) is 5.63. The highest BCUT2D eigenvalue weighted by Crippen LogP contribution is 2.31. The van der Waals surface area contributed by atoms with Crippen molar-refractivity contribution in [1.82, 2.24) is 19.8 Å². The van der Waals surface area contributed by atoms with Crippen LogP contribution in [0, 0.1) is 0 Å². The van der Waals surface area contributed by atoms with Gasteiger partial charge in [0.05, 0.1) is 6.04 Å². The lowest BCUT2D eigenvalue weighted by Crippen LogP contribution is -2.50. The van der Waals surface area contributed by atoms with Crippen LogP contribution in [0.1, 0.15) is 48.8 Å². The molecule has 2 amide bonds. The highest BCUT2D eigenvalue weighted by Gasteiger charge is 2.32. The van der Waals surface area contributed by atoms with E-state index in [1.807, 2.05) is 6.07 Å². The van der Waals surface area contributed by atoms with Gasteiger partial charge in [-0.15, -0.1) is 0 Å². The molecule has 1 saturated heterocycles. The fourth-order valence-corrected chi connectivity index (χ4v) is 6.51. The van der Waals surface area contributed by atoms with Crippen LogP contribution in [0.4, 0.5) is 4.79 Å². The quantitative estimate of drug-likeness (QED) is 0.583. The number of urea groups is 1. The molecule has 0 spiro atoms. The maximum Gasteiger partial charge on any atom is 0.317 e. The van der Waals surface area contributed by atoms with Crippen LogP contribution in [-0.4, -0.2) is 56.5 Å². The molecule has 1 unspecified atom stereocenters. The monoisotopic (exact) mass is 498 g/mol. The first-order valence-corrected chi connectivity index (χ1v) is 14.0. The molecule has 8 nitrogen and oxygen atoms in total. The molecule has 1 aliphatic carbocycles. The molecule has 2 heterocycles. The summed E-state index contributed by atoms with van der Waals surface area (Å²) in [6, 6.07) is 13.7. The fraction of sp³-hybridized carbons (Fsp3) is 0.500. The van der Waals surface area contributed by atoms with Crippen molar-refractivity contribution < 1.29 is 17.9 Å². The molecule has 2 aromatic rings. The van der Waals surface area contributed by atoms with Crippen LogP contribution in [-0.2, 0) is 29.7 Å². The molecule has 0 radical (unpaired) electrons. The molecule has 35 heavy (non-hydrogen) atoms. The summed E-state index contributed by atoms with van der Waals surface area (Å²) in [6.45, 7) is 3.31. The number of sulfonamides is 1. The zero-order valence-electron chi connectivity index (χ0n) is 20.2. The van der Waals surface area contributed by atoms with Gasteiger partial charge in [0.15, 0.2) is 0 Å². The second-order valence-corrected chi connectivity index (χ2v) is 11.5. The lowest BCUT2D eigenvalue weighted by molar-refractivity contribution is 0.116. The maximum atomic E-state index is 13.3. The summed E-state index contributed by atoms with van der Waals surface area (Å²) in [7, 11) is -2.09. The van der Waals surface area contributed by atoms with E-state index in [1.54, 1.807) is 24.1 Å². The molecule has 188 valence electrons. The van der Waals surface area contributed by atoms with Crippen molar-refractivity contribution in [1.29, 1.82) is 0 Å². The van der Waals surface area contributed by atoms with Gasteiger partial charge < -0.3 is 15.0 Å². The van der Waals surface area contributed by atoms with Crippen molar-refractivity contribution >= 4 is 16.1 Å². The van der Waals surface area contributed by atoms with E-state index >= 15 is 0 Å². The van der Waals surface area contributed by atoms with E-state index in [1.165, 1.54) is 11.1 Å². The SMILES string of the molecule is CNC(=O)N1CCCCC1COc1ccc(CN2Cc3ccccc3C2)cc1S(=O)(=O)NC1CC1. The minimum absolute atomic E-state index is 0.00618. The molecule has 2 fully saturated rings. The Labute approximate surface area is 207 Å². The van der Waals surface area contributed by atoms with Gasteiger partial charge in [-0.25, -0.2) is 17.9 Å². The molecule has 1 saturated carbocycles. The lowest BCUT2D eigenvalue weighted by Gasteiger charge is -2.35. The first kappa shape index (κ1) is 24.1.